The molecule has 0 aromatic heterocycles. The number of nitrogens with one attached hydrogen (secondary N) is 3. The van der Waals surface area contributed by atoms with Crippen molar-refractivity contribution >= 4 is 75.3 Å². The van der Waals surface area contributed by atoms with Crippen LogP contribution in [0.1, 0.15) is 10.4 Å². The standard InChI is InChI=1S/C16H13Cl4N3OS/c17-11-6-8-12(9-7-11)21-15(25)23-14(16(18,19)20)22-13(24)10-4-2-1-3-5-10/h1-9,14H,(H,22,24)(H2,21,23,25). The van der Waals surface area contributed by atoms with Crippen molar-refractivity contribution in [2.24, 2.45) is 0 Å². The minimum Gasteiger partial charge on any atom is -0.339 e. The maximum absolute atomic E-state index is 12.3. The minimum atomic E-state index is -1.82. The maximum atomic E-state index is 12.3. The molecule has 1 unspecified atom stereocenters. The second-order valence-electron chi connectivity index (χ2n) is 4.92. The number of alkyl halides is 3. The van der Waals surface area contributed by atoms with Gasteiger partial charge in [0, 0.05) is 16.3 Å². The van der Waals surface area contributed by atoms with Gasteiger partial charge in [-0.15, -0.1) is 0 Å². The number of hydrogen-bond donors (Lipinski definition) is 3. The summed E-state index contributed by atoms with van der Waals surface area (Å²) in [6.45, 7) is 0. The lowest BCUT2D eigenvalue weighted by Crippen LogP contribution is -2.56. The van der Waals surface area contributed by atoms with Gasteiger partial charge >= 0.3 is 0 Å². The van der Waals surface area contributed by atoms with Gasteiger partial charge in [-0.25, -0.2) is 0 Å². The Balaban J connectivity index is 2.03. The summed E-state index contributed by atoms with van der Waals surface area (Å²) in [5, 5.41) is 9.07. The zero-order valence-corrected chi connectivity index (χ0v) is 16.4. The number of carbonyl (C=O) groups excluding carboxylic acids is 1. The number of benzene rings is 2. The van der Waals surface area contributed by atoms with Crippen molar-refractivity contribution in [2.75, 3.05) is 5.32 Å². The largest absolute Gasteiger partial charge is 0.339 e. The quantitative estimate of drug-likeness (QED) is 0.367. The Morgan fingerprint density at radius 3 is 2.12 bits per heavy atom. The zero-order chi connectivity index (χ0) is 18.4. The lowest BCUT2D eigenvalue weighted by molar-refractivity contribution is 0.0934. The fourth-order valence-electron chi connectivity index (χ4n) is 1.84. The van der Waals surface area contributed by atoms with E-state index < -0.39 is 15.9 Å². The summed E-state index contributed by atoms with van der Waals surface area (Å²) in [6, 6.07) is 15.5. The average Bonchev–Trinajstić information content (AvgIpc) is 2.56. The highest BCUT2D eigenvalue weighted by Crippen LogP contribution is 2.29. The van der Waals surface area contributed by atoms with E-state index in [2.05, 4.69) is 16.0 Å². The summed E-state index contributed by atoms with van der Waals surface area (Å²) in [4.78, 5) is 12.3. The Bertz CT molecular complexity index is 735. The highest BCUT2D eigenvalue weighted by Gasteiger charge is 2.34. The molecule has 0 fully saturated rings. The second kappa shape index (κ2) is 8.92. The van der Waals surface area contributed by atoms with Crippen LogP contribution in [0, 0.1) is 0 Å². The molecule has 0 saturated carbocycles. The first-order chi connectivity index (χ1) is 11.8. The Labute approximate surface area is 170 Å². The molecule has 0 radical (unpaired) electrons. The molecule has 2 rings (SSSR count). The molecule has 1 atom stereocenters. The van der Waals surface area contributed by atoms with Gasteiger partial charge in [0.2, 0.25) is 3.79 Å². The molecule has 25 heavy (non-hydrogen) atoms. The van der Waals surface area contributed by atoms with Crippen LogP contribution in [0.25, 0.3) is 0 Å². The molecule has 132 valence electrons. The summed E-state index contributed by atoms with van der Waals surface area (Å²) in [7, 11) is 0. The molecule has 0 bridgehead atoms. The van der Waals surface area contributed by atoms with Crippen molar-refractivity contribution in [3.8, 4) is 0 Å². The number of halogens is 4. The van der Waals surface area contributed by atoms with E-state index >= 15 is 0 Å². The molecule has 0 aliphatic rings. The molecular formula is C16H13Cl4N3OS. The van der Waals surface area contributed by atoms with E-state index in [0.717, 1.165) is 0 Å². The van der Waals surface area contributed by atoms with Crippen molar-refractivity contribution < 1.29 is 4.79 Å². The van der Waals surface area contributed by atoms with E-state index in [1.807, 2.05) is 0 Å². The van der Waals surface area contributed by atoms with E-state index in [9.17, 15) is 4.79 Å². The average molecular weight is 437 g/mol. The minimum absolute atomic E-state index is 0.173. The van der Waals surface area contributed by atoms with Crippen LogP contribution in [-0.2, 0) is 0 Å². The molecule has 0 aliphatic carbocycles. The first-order valence-electron chi connectivity index (χ1n) is 7.01. The third-order valence-electron chi connectivity index (χ3n) is 3.02. The zero-order valence-electron chi connectivity index (χ0n) is 12.6. The van der Waals surface area contributed by atoms with Gasteiger partial charge in [-0.3, -0.25) is 4.79 Å². The van der Waals surface area contributed by atoms with Crippen LogP contribution in [0.3, 0.4) is 0 Å². The predicted molar refractivity (Wildman–Crippen MR) is 109 cm³/mol. The fourth-order valence-corrected chi connectivity index (χ4v) is 2.52. The first-order valence-corrected chi connectivity index (χ1v) is 8.93. The molecular weight excluding hydrogens is 424 g/mol. The van der Waals surface area contributed by atoms with E-state index in [1.165, 1.54) is 0 Å². The number of thiocarbonyl (C=S) groups is 1. The molecule has 2 aromatic rings. The maximum Gasteiger partial charge on any atom is 0.252 e. The first kappa shape index (κ1) is 20.1. The van der Waals surface area contributed by atoms with Gasteiger partial charge in [0.05, 0.1) is 0 Å². The highest BCUT2D eigenvalue weighted by molar-refractivity contribution is 7.80. The van der Waals surface area contributed by atoms with Crippen molar-refractivity contribution in [1.82, 2.24) is 10.6 Å². The number of rotatable bonds is 4. The van der Waals surface area contributed by atoms with Gasteiger partial charge < -0.3 is 16.0 Å². The number of anilines is 1. The third kappa shape index (κ3) is 6.53. The van der Waals surface area contributed by atoms with Crippen molar-refractivity contribution in [3.63, 3.8) is 0 Å². The van der Waals surface area contributed by atoms with Crippen molar-refractivity contribution in [1.29, 1.82) is 0 Å². The molecule has 4 nitrogen and oxygen atoms in total. The van der Waals surface area contributed by atoms with Crippen LogP contribution < -0.4 is 16.0 Å². The molecule has 1 amide bonds. The molecule has 9 heteroatoms. The molecule has 0 saturated heterocycles. The lowest BCUT2D eigenvalue weighted by Gasteiger charge is -2.27. The molecule has 0 aliphatic heterocycles. The topological polar surface area (TPSA) is 53.2 Å². The highest BCUT2D eigenvalue weighted by atomic mass is 35.6. The predicted octanol–water partition coefficient (Wildman–Crippen LogP) is 4.75. The number of carbonyl (C=O) groups is 1. The summed E-state index contributed by atoms with van der Waals surface area (Å²) >= 11 is 28.9. The third-order valence-corrected chi connectivity index (χ3v) is 4.14. The Morgan fingerprint density at radius 1 is 0.960 bits per heavy atom. The van der Waals surface area contributed by atoms with E-state index in [4.69, 9.17) is 58.6 Å². The molecule has 0 heterocycles. The van der Waals surface area contributed by atoms with Crippen LogP contribution in [0.15, 0.2) is 54.6 Å². The van der Waals surface area contributed by atoms with Gasteiger partial charge in [0.15, 0.2) is 5.11 Å². The van der Waals surface area contributed by atoms with Crippen LogP contribution >= 0.6 is 58.6 Å². The Morgan fingerprint density at radius 2 is 1.56 bits per heavy atom. The van der Waals surface area contributed by atoms with Gasteiger partial charge in [-0.2, -0.15) is 0 Å². The van der Waals surface area contributed by atoms with Gasteiger partial charge in [0.1, 0.15) is 6.17 Å². The van der Waals surface area contributed by atoms with Crippen LogP contribution in [-0.4, -0.2) is 21.0 Å². The lowest BCUT2D eigenvalue weighted by atomic mass is 10.2. The van der Waals surface area contributed by atoms with Gasteiger partial charge in [0.25, 0.3) is 5.91 Å². The summed E-state index contributed by atoms with van der Waals surface area (Å²) in [6.07, 6.45) is -1.04. The van der Waals surface area contributed by atoms with Gasteiger partial charge in [-0.05, 0) is 48.6 Å². The monoisotopic (exact) mass is 435 g/mol. The smallest absolute Gasteiger partial charge is 0.252 e. The van der Waals surface area contributed by atoms with Crippen molar-refractivity contribution in [2.45, 2.75) is 9.96 Å². The van der Waals surface area contributed by atoms with Crippen LogP contribution in [0.5, 0.6) is 0 Å². The summed E-state index contributed by atoms with van der Waals surface area (Å²) < 4.78 is -1.82. The fraction of sp³-hybridized carbons (Fsp3) is 0.125. The van der Waals surface area contributed by atoms with E-state index in [0.29, 0.717) is 16.3 Å². The molecule has 0 spiro atoms. The number of amides is 1. The SMILES string of the molecule is O=C(NC(NC(=S)Nc1ccc(Cl)cc1)C(Cl)(Cl)Cl)c1ccccc1. The van der Waals surface area contributed by atoms with E-state index in [-0.39, 0.29) is 5.11 Å². The second-order valence-corrected chi connectivity index (χ2v) is 8.13. The molecule has 2 aromatic carbocycles. The van der Waals surface area contributed by atoms with Crippen LogP contribution in [0.4, 0.5) is 5.69 Å². The Kier molecular flexibility index (Phi) is 7.16. The van der Waals surface area contributed by atoms with Crippen molar-refractivity contribution in [3.05, 3.63) is 65.2 Å². The molecule has 3 N–H and O–H groups in total. The van der Waals surface area contributed by atoms with Gasteiger partial charge in [-0.1, -0.05) is 64.6 Å². The summed E-state index contributed by atoms with van der Waals surface area (Å²) in [5.74, 6) is -0.404. The van der Waals surface area contributed by atoms with E-state index in [1.54, 1.807) is 54.6 Å². The normalized spacial score (nSPS) is 12.2. The summed E-state index contributed by atoms with van der Waals surface area (Å²) in [5.41, 5.74) is 1.12. The number of hydrogen-bond acceptors (Lipinski definition) is 2. The van der Waals surface area contributed by atoms with Crippen LogP contribution in [0.2, 0.25) is 5.02 Å². The Hall–Kier alpha value is -1.24.